The summed E-state index contributed by atoms with van der Waals surface area (Å²) < 4.78 is 31.8. The molecule has 10 nitrogen and oxygen atoms in total. The van der Waals surface area contributed by atoms with Crippen LogP contribution in [0, 0.1) is 13.8 Å². The summed E-state index contributed by atoms with van der Waals surface area (Å²) in [5.41, 5.74) is 5.87. The number of aryl methyl sites for hydroxylation is 1. The molecule has 2 heterocycles. The molecule has 1 aliphatic heterocycles. The fourth-order valence-electron chi connectivity index (χ4n) is 3.61. The number of hydrogen-bond acceptors (Lipinski definition) is 6. The highest BCUT2D eigenvalue weighted by atomic mass is 32.2. The molecule has 0 spiro atoms. The largest absolute Gasteiger partial charge is 0.462 e. The van der Waals surface area contributed by atoms with E-state index in [2.05, 4.69) is 15.8 Å². The van der Waals surface area contributed by atoms with Crippen molar-refractivity contribution in [3.05, 3.63) is 52.3 Å². The second kappa shape index (κ2) is 9.53. The number of carbonyl (C=O) groups is 3. The van der Waals surface area contributed by atoms with Crippen LogP contribution in [0.2, 0.25) is 0 Å². The zero-order valence-electron chi connectivity index (χ0n) is 18.1. The van der Waals surface area contributed by atoms with E-state index in [1.807, 2.05) is 0 Å². The van der Waals surface area contributed by atoms with Gasteiger partial charge in [0.25, 0.3) is 11.8 Å². The Labute approximate surface area is 186 Å². The molecule has 0 radical (unpaired) electrons. The maximum Gasteiger partial charge on any atom is 0.340 e. The van der Waals surface area contributed by atoms with Crippen LogP contribution >= 0.6 is 0 Å². The standard InChI is InChI=1S/C21H26N4O6S/c1-4-31-21(28)17-13(2)18(22-14(17)3)20(27)24-23-19(26)15-8-7-9-16(12-15)32(29,30)25-10-5-6-11-25/h7-9,12,22H,4-6,10-11H2,1-3H3,(H,23,26)(H,24,27). The van der Waals surface area contributed by atoms with Crippen LogP contribution in [-0.2, 0) is 14.8 Å². The van der Waals surface area contributed by atoms with Gasteiger partial charge in [0, 0.05) is 24.3 Å². The molecule has 2 aromatic rings. The molecule has 11 heteroatoms. The van der Waals surface area contributed by atoms with Gasteiger partial charge >= 0.3 is 5.97 Å². The summed E-state index contributed by atoms with van der Waals surface area (Å²) in [5, 5.41) is 0. The van der Waals surface area contributed by atoms with Crippen molar-refractivity contribution in [3.63, 3.8) is 0 Å². The van der Waals surface area contributed by atoms with E-state index in [0.29, 0.717) is 24.3 Å². The minimum Gasteiger partial charge on any atom is -0.462 e. The van der Waals surface area contributed by atoms with Gasteiger partial charge in [-0.1, -0.05) is 6.07 Å². The third-order valence-electron chi connectivity index (χ3n) is 5.23. The number of nitrogens with one attached hydrogen (secondary N) is 3. The minimum atomic E-state index is -3.67. The van der Waals surface area contributed by atoms with Crippen LogP contribution in [0.4, 0.5) is 0 Å². The number of H-pyrrole nitrogens is 1. The highest BCUT2D eigenvalue weighted by molar-refractivity contribution is 7.89. The number of nitrogens with zero attached hydrogens (tertiary/aromatic N) is 1. The topological polar surface area (TPSA) is 138 Å². The second-order valence-corrected chi connectivity index (χ2v) is 9.33. The Morgan fingerprint density at radius 3 is 2.41 bits per heavy atom. The number of rotatable bonds is 6. The Bertz CT molecular complexity index is 1150. The SMILES string of the molecule is CCOC(=O)c1c(C)[nH]c(C(=O)NNC(=O)c2cccc(S(=O)(=O)N3CCCC3)c2)c1C. The van der Waals surface area contributed by atoms with Crippen molar-refractivity contribution in [2.24, 2.45) is 0 Å². The van der Waals surface area contributed by atoms with Crippen LogP contribution in [0.1, 0.15) is 62.2 Å². The molecule has 32 heavy (non-hydrogen) atoms. The maximum absolute atomic E-state index is 12.7. The van der Waals surface area contributed by atoms with Gasteiger partial charge in [-0.2, -0.15) is 4.31 Å². The third-order valence-corrected chi connectivity index (χ3v) is 7.13. The van der Waals surface area contributed by atoms with Crippen LogP contribution in [0.15, 0.2) is 29.2 Å². The zero-order valence-corrected chi connectivity index (χ0v) is 19.0. The predicted molar refractivity (Wildman–Crippen MR) is 116 cm³/mol. The van der Waals surface area contributed by atoms with E-state index < -0.39 is 27.8 Å². The first kappa shape index (κ1) is 23.5. The number of ether oxygens (including phenoxy) is 1. The number of benzene rings is 1. The van der Waals surface area contributed by atoms with Gasteiger partial charge in [-0.15, -0.1) is 0 Å². The maximum atomic E-state index is 12.7. The van der Waals surface area contributed by atoms with Crippen LogP contribution in [0.5, 0.6) is 0 Å². The molecule has 0 bridgehead atoms. The van der Waals surface area contributed by atoms with Gasteiger partial charge in [-0.05, 0) is 57.4 Å². The number of hydrogen-bond donors (Lipinski definition) is 3. The van der Waals surface area contributed by atoms with Crippen LogP contribution < -0.4 is 10.9 Å². The summed E-state index contributed by atoms with van der Waals surface area (Å²) in [6, 6.07) is 5.64. The molecule has 2 amide bonds. The van der Waals surface area contributed by atoms with E-state index in [1.54, 1.807) is 20.8 Å². The predicted octanol–water partition coefficient (Wildman–Crippen LogP) is 1.67. The third kappa shape index (κ3) is 4.68. The molecule has 3 N–H and O–H groups in total. The Hall–Kier alpha value is -3.18. The fourth-order valence-corrected chi connectivity index (χ4v) is 5.17. The molecule has 3 rings (SSSR count). The average Bonchev–Trinajstić information content (AvgIpc) is 3.41. The number of aromatic amines is 1. The lowest BCUT2D eigenvalue weighted by atomic mass is 10.1. The summed E-state index contributed by atoms with van der Waals surface area (Å²) in [6.07, 6.45) is 1.61. The molecular weight excluding hydrogens is 436 g/mol. The summed E-state index contributed by atoms with van der Waals surface area (Å²) >= 11 is 0. The molecule has 0 saturated carbocycles. The molecule has 0 unspecified atom stereocenters. The number of sulfonamides is 1. The van der Waals surface area contributed by atoms with Crippen molar-refractivity contribution in [2.75, 3.05) is 19.7 Å². The first-order valence-electron chi connectivity index (χ1n) is 10.2. The monoisotopic (exact) mass is 462 g/mol. The zero-order chi connectivity index (χ0) is 23.5. The summed E-state index contributed by atoms with van der Waals surface area (Å²) in [6.45, 7) is 6.03. The van der Waals surface area contributed by atoms with Crippen LogP contribution in [0.25, 0.3) is 0 Å². The van der Waals surface area contributed by atoms with Gasteiger partial charge < -0.3 is 9.72 Å². The van der Waals surface area contributed by atoms with Crippen LogP contribution in [0.3, 0.4) is 0 Å². The summed E-state index contributed by atoms with van der Waals surface area (Å²) in [5.74, 6) is -1.88. The Morgan fingerprint density at radius 2 is 1.75 bits per heavy atom. The van der Waals surface area contributed by atoms with Gasteiger partial charge in [0.1, 0.15) is 5.69 Å². The smallest absolute Gasteiger partial charge is 0.340 e. The van der Waals surface area contributed by atoms with Gasteiger partial charge in [-0.25, -0.2) is 13.2 Å². The second-order valence-electron chi connectivity index (χ2n) is 7.39. The van der Waals surface area contributed by atoms with Crippen molar-refractivity contribution < 1.29 is 27.5 Å². The normalized spacial score (nSPS) is 14.2. The van der Waals surface area contributed by atoms with Crippen molar-refractivity contribution in [1.82, 2.24) is 20.1 Å². The number of hydrazine groups is 1. The Balaban J connectivity index is 1.71. The molecule has 172 valence electrons. The molecule has 0 atom stereocenters. The van der Waals surface area contributed by atoms with Gasteiger partial charge in [0.05, 0.1) is 17.1 Å². The number of carbonyl (C=O) groups excluding carboxylic acids is 3. The highest BCUT2D eigenvalue weighted by Crippen LogP contribution is 2.22. The van der Waals surface area contributed by atoms with E-state index in [1.165, 1.54) is 28.6 Å². The quantitative estimate of drug-likeness (QED) is 0.441. The molecule has 1 saturated heterocycles. The number of esters is 1. The van der Waals surface area contributed by atoms with Crippen molar-refractivity contribution in [2.45, 2.75) is 38.5 Å². The van der Waals surface area contributed by atoms with Crippen molar-refractivity contribution >= 4 is 27.8 Å². The Kier molecular flexibility index (Phi) is 6.99. The fraction of sp³-hybridized carbons (Fsp3) is 0.381. The van der Waals surface area contributed by atoms with E-state index in [0.717, 1.165) is 12.8 Å². The van der Waals surface area contributed by atoms with Crippen LogP contribution in [-0.4, -0.2) is 55.2 Å². The first-order valence-corrected chi connectivity index (χ1v) is 11.7. The van der Waals surface area contributed by atoms with Gasteiger partial charge in [0.2, 0.25) is 10.0 Å². The molecule has 1 aliphatic rings. The lowest BCUT2D eigenvalue weighted by molar-refractivity contribution is 0.0524. The molecule has 1 aromatic heterocycles. The average molecular weight is 463 g/mol. The number of amides is 2. The van der Waals surface area contributed by atoms with Crippen molar-refractivity contribution in [3.8, 4) is 0 Å². The molecule has 1 fully saturated rings. The summed E-state index contributed by atoms with van der Waals surface area (Å²) in [4.78, 5) is 40.0. The van der Waals surface area contributed by atoms with E-state index in [-0.39, 0.29) is 28.3 Å². The van der Waals surface area contributed by atoms with E-state index in [4.69, 9.17) is 4.74 Å². The molecular formula is C21H26N4O6S. The lowest BCUT2D eigenvalue weighted by Crippen LogP contribution is -2.42. The van der Waals surface area contributed by atoms with Crippen molar-refractivity contribution in [1.29, 1.82) is 0 Å². The molecule has 0 aliphatic carbocycles. The Morgan fingerprint density at radius 1 is 1.09 bits per heavy atom. The highest BCUT2D eigenvalue weighted by Gasteiger charge is 2.28. The summed E-state index contributed by atoms with van der Waals surface area (Å²) in [7, 11) is -3.67. The number of aromatic nitrogens is 1. The van der Waals surface area contributed by atoms with E-state index >= 15 is 0 Å². The van der Waals surface area contributed by atoms with Gasteiger partial charge in [-0.3, -0.25) is 20.4 Å². The minimum absolute atomic E-state index is 0.0216. The van der Waals surface area contributed by atoms with Gasteiger partial charge in [0.15, 0.2) is 0 Å². The first-order chi connectivity index (χ1) is 15.2. The lowest BCUT2D eigenvalue weighted by Gasteiger charge is -2.16. The van der Waals surface area contributed by atoms with E-state index in [9.17, 15) is 22.8 Å². The molecule has 1 aromatic carbocycles.